The third-order valence-electron chi connectivity index (χ3n) is 6.21. The van der Waals surface area contributed by atoms with Gasteiger partial charge in [-0.1, -0.05) is 12.1 Å². The summed E-state index contributed by atoms with van der Waals surface area (Å²) in [5.41, 5.74) is 11.1. The molecule has 2 N–H and O–H groups in total. The standard InChI is InChI=1S/C27H25FN4O3/c1-16-11-20(15-30-26(16)34-2)17-4-6-24-19(12-17)14-21(25(29)31-24)18-3-5-23(28)22(13-18)27(33)32-7-9-35-10-8-32/h3-6,11-15H,7-10H2,1-2H3,(H2,29,31). The van der Waals surface area contributed by atoms with E-state index in [-0.39, 0.29) is 11.5 Å². The van der Waals surface area contributed by atoms with Gasteiger partial charge in [0.05, 0.1) is 31.4 Å². The van der Waals surface area contributed by atoms with E-state index in [4.69, 9.17) is 15.2 Å². The molecule has 35 heavy (non-hydrogen) atoms. The Bertz CT molecular complexity index is 1430. The molecule has 2 aromatic heterocycles. The number of rotatable bonds is 4. The number of anilines is 1. The number of aryl methyl sites for hydroxylation is 1. The van der Waals surface area contributed by atoms with Gasteiger partial charge in [-0.3, -0.25) is 4.79 Å². The van der Waals surface area contributed by atoms with Gasteiger partial charge in [0, 0.05) is 41.4 Å². The molecule has 1 amide bonds. The SMILES string of the molecule is COc1ncc(-c2ccc3nc(N)c(-c4ccc(F)c(C(=O)N5CCOCC5)c4)cc3c2)cc1C. The van der Waals surface area contributed by atoms with Gasteiger partial charge in [0.15, 0.2) is 0 Å². The van der Waals surface area contributed by atoms with E-state index in [2.05, 4.69) is 9.97 Å². The lowest BCUT2D eigenvalue weighted by Gasteiger charge is -2.27. The Morgan fingerprint density at radius 2 is 1.83 bits per heavy atom. The van der Waals surface area contributed by atoms with Crippen molar-refractivity contribution in [2.45, 2.75) is 6.92 Å². The second-order valence-corrected chi connectivity index (χ2v) is 8.48. The Kier molecular flexibility index (Phi) is 6.05. The van der Waals surface area contributed by atoms with Crippen molar-refractivity contribution in [3.63, 3.8) is 0 Å². The molecule has 8 heteroatoms. The molecular formula is C27H25FN4O3. The molecule has 5 rings (SSSR count). The van der Waals surface area contributed by atoms with Crippen LogP contribution in [0.25, 0.3) is 33.2 Å². The van der Waals surface area contributed by atoms with Crippen molar-refractivity contribution in [1.82, 2.24) is 14.9 Å². The van der Waals surface area contributed by atoms with E-state index < -0.39 is 5.82 Å². The van der Waals surface area contributed by atoms with Crippen LogP contribution in [0.3, 0.4) is 0 Å². The summed E-state index contributed by atoms with van der Waals surface area (Å²) >= 11 is 0. The van der Waals surface area contributed by atoms with Gasteiger partial charge in [0.25, 0.3) is 5.91 Å². The lowest BCUT2D eigenvalue weighted by Crippen LogP contribution is -2.41. The third-order valence-corrected chi connectivity index (χ3v) is 6.21. The number of aromatic nitrogens is 2. The highest BCUT2D eigenvalue weighted by atomic mass is 19.1. The van der Waals surface area contributed by atoms with Crippen LogP contribution in [0.1, 0.15) is 15.9 Å². The molecule has 0 unspecified atom stereocenters. The van der Waals surface area contributed by atoms with Gasteiger partial charge >= 0.3 is 0 Å². The summed E-state index contributed by atoms with van der Waals surface area (Å²) in [6.45, 7) is 3.71. The second-order valence-electron chi connectivity index (χ2n) is 8.48. The van der Waals surface area contributed by atoms with Gasteiger partial charge in [-0.25, -0.2) is 14.4 Å². The molecule has 2 aromatic carbocycles. The number of carbonyl (C=O) groups excluding carboxylic acids is 1. The maximum atomic E-state index is 14.6. The van der Waals surface area contributed by atoms with Crippen LogP contribution >= 0.6 is 0 Å². The van der Waals surface area contributed by atoms with Crippen LogP contribution in [-0.2, 0) is 4.74 Å². The van der Waals surface area contributed by atoms with Crippen LogP contribution in [-0.4, -0.2) is 54.2 Å². The molecule has 0 bridgehead atoms. The number of benzene rings is 2. The van der Waals surface area contributed by atoms with E-state index in [0.717, 1.165) is 27.6 Å². The number of pyridine rings is 2. The first-order valence-electron chi connectivity index (χ1n) is 11.3. The first-order valence-corrected chi connectivity index (χ1v) is 11.3. The fourth-order valence-corrected chi connectivity index (χ4v) is 4.33. The van der Waals surface area contributed by atoms with Crippen LogP contribution in [0.5, 0.6) is 5.88 Å². The molecule has 0 saturated carbocycles. The molecule has 0 radical (unpaired) electrons. The number of hydrogen-bond acceptors (Lipinski definition) is 6. The number of methoxy groups -OCH3 is 1. The van der Waals surface area contributed by atoms with E-state index in [1.807, 2.05) is 37.3 Å². The Hall–Kier alpha value is -4.04. The average molecular weight is 473 g/mol. The van der Waals surface area contributed by atoms with Crippen molar-refractivity contribution in [1.29, 1.82) is 0 Å². The molecule has 1 fully saturated rings. The molecule has 3 heterocycles. The number of morpholine rings is 1. The Morgan fingerprint density at radius 1 is 1.06 bits per heavy atom. The summed E-state index contributed by atoms with van der Waals surface area (Å²) in [5, 5.41) is 0.866. The highest BCUT2D eigenvalue weighted by molar-refractivity contribution is 5.97. The van der Waals surface area contributed by atoms with Crippen molar-refractivity contribution < 1.29 is 18.7 Å². The number of halogens is 1. The van der Waals surface area contributed by atoms with E-state index in [1.54, 1.807) is 30.3 Å². The van der Waals surface area contributed by atoms with Crippen molar-refractivity contribution in [2.24, 2.45) is 0 Å². The highest BCUT2D eigenvalue weighted by Gasteiger charge is 2.22. The van der Waals surface area contributed by atoms with Crippen LogP contribution in [0.4, 0.5) is 10.2 Å². The summed E-state index contributed by atoms with van der Waals surface area (Å²) in [4.78, 5) is 23.5. The number of ether oxygens (including phenoxy) is 2. The Labute approximate surface area is 202 Å². The lowest BCUT2D eigenvalue weighted by molar-refractivity contribution is 0.0300. The summed E-state index contributed by atoms with van der Waals surface area (Å²) < 4.78 is 25.2. The fourth-order valence-electron chi connectivity index (χ4n) is 4.33. The molecule has 1 aliphatic rings. The van der Waals surface area contributed by atoms with Crippen LogP contribution in [0.2, 0.25) is 0 Å². The number of carbonyl (C=O) groups is 1. The fraction of sp³-hybridized carbons (Fsp3) is 0.222. The topological polar surface area (TPSA) is 90.6 Å². The van der Waals surface area contributed by atoms with Gasteiger partial charge in [-0.05, 0) is 54.4 Å². The number of nitrogens with zero attached hydrogens (tertiary/aromatic N) is 3. The van der Waals surface area contributed by atoms with Crippen molar-refractivity contribution in [2.75, 3.05) is 39.1 Å². The second kappa shape index (κ2) is 9.31. The third kappa shape index (κ3) is 4.40. The summed E-state index contributed by atoms with van der Waals surface area (Å²) in [5.74, 6) is -0.0274. The van der Waals surface area contributed by atoms with Crippen molar-refractivity contribution in [3.05, 3.63) is 71.7 Å². The van der Waals surface area contributed by atoms with Gasteiger partial charge in [0.2, 0.25) is 5.88 Å². The van der Waals surface area contributed by atoms with Gasteiger partial charge < -0.3 is 20.1 Å². The highest BCUT2D eigenvalue weighted by Crippen LogP contribution is 2.32. The zero-order valence-corrected chi connectivity index (χ0v) is 19.5. The van der Waals surface area contributed by atoms with E-state index in [1.165, 1.54) is 6.07 Å². The molecule has 178 valence electrons. The van der Waals surface area contributed by atoms with E-state index in [9.17, 15) is 9.18 Å². The van der Waals surface area contributed by atoms with Gasteiger partial charge in [-0.15, -0.1) is 0 Å². The lowest BCUT2D eigenvalue weighted by atomic mass is 9.99. The first kappa shape index (κ1) is 22.7. The Morgan fingerprint density at radius 3 is 2.57 bits per heavy atom. The predicted octanol–water partition coefficient (Wildman–Crippen LogP) is 4.47. The molecule has 1 aliphatic heterocycles. The number of amides is 1. The molecule has 0 aliphatic carbocycles. The molecule has 0 spiro atoms. The van der Waals surface area contributed by atoms with Crippen molar-refractivity contribution in [3.8, 4) is 28.1 Å². The average Bonchev–Trinajstić information content (AvgIpc) is 2.88. The van der Waals surface area contributed by atoms with Crippen LogP contribution in [0.15, 0.2) is 54.7 Å². The van der Waals surface area contributed by atoms with Gasteiger partial charge in [0.1, 0.15) is 11.6 Å². The number of hydrogen-bond donors (Lipinski definition) is 1. The number of nitrogens with two attached hydrogens (primary N) is 1. The predicted molar refractivity (Wildman–Crippen MR) is 133 cm³/mol. The molecular weight excluding hydrogens is 447 g/mol. The van der Waals surface area contributed by atoms with E-state index >= 15 is 0 Å². The molecule has 0 atom stereocenters. The van der Waals surface area contributed by atoms with E-state index in [0.29, 0.717) is 49.1 Å². The molecule has 1 saturated heterocycles. The first-order chi connectivity index (χ1) is 16.9. The van der Waals surface area contributed by atoms with Gasteiger partial charge in [-0.2, -0.15) is 0 Å². The summed E-state index contributed by atoms with van der Waals surface area (Å²) in [6.07, 6.45) is 1.77. The monoisotopic (exact) mass is 472 g/mol. The quantitative estimate of drug-likeness (QED) is 0.471. The minimum Gasteiger partial charge on any atom is -0.481 e. The largest absolute Gasteiger partial charge is 0.481 e. The summed E-state index contributed by atoms with van der Waals surface area (Å²) in [6, 6.07) is 14.3. The zero-order chi connectivity index (χ0) is 24.5. The minimum absolute atomic E-state index is 0.0115. The maximum absolute atomic E-state index is 14.6. The Balaban J connectivity index is 1.54. The maximum Gasteiger partial charge on any atom is 0.257 e. The normalized spacial score (nSPS) is 13.7. The molecule has 4 aromatic rings. The minimum atomic E-state index is -0.567. The molecule has 7 nitrogen and oxygen atoms in total. The number of fused-ring (bicyclic) bond motifs is 1. The van der Waals surface area contributed by atoms with Crippen LogP contribution < -0.4 is 10.5 Å². The summed E-state index contributed by atoms with van der Waals surface area (Å²) in [7, 11) is 1.60. The smallest absolute Gasteiger partial charge is 0.257 e. The number of nitrogen functional groups attached to an aromatic ring is 1. The zero-order valence-electron chi connectivity index (χ0n) is 19.5. The van der Waals surface area contributed by atoms with Crippen molar-refractivity contribution >= 4 is 22.6 Å². The van der Waals surface area contributed by atoms with Crippen LogP contribution in [0, 0.1) is 12.7 Å².